The summed E-state index contributed by atoms with van der Waals surface area (Å²) in [7, 11) is 0. The van der Waals surface area contributed by atoms with Crippen LogP contribution in [0.3, 0.4) is 0 Å². The number of amides is 2. The first kappa shape index (κ1) is 19.0. The summed E-state index contributed by atoms with van der Waals surface area (Å²) in [5, 5.41) is 6.18. The predicted molar refractivity (Wildman–Crippen MR) is 104 cm³/mol. The highest BCUT2D eigenvalue weighted by molar-refractivity contribution is 7.15. The van der Waals surface area contributed by atoms with Gasteiger partial charge in [-0.15, -0.1) is 11.3 Å². The number of hydrogen-bond acceptors (Lipinski definition) is 4. The van der Waals surface area contributed by atoms with E-state index >= 15 is 0 Å². The van der Waals surface area contributed by atoms with Crippen molar-refractivity contribution in [3.05, 3.63) is 81.6 Å². The maximum atomic E-state index is 13.1. The minimum atomic E-state index is -0.525. The van der Waals surface area contributed by atoms with E-state index in [1.54, 1.807) is 6.20 Å². The lowest BCUT2D eigenvalue weighted by Gasteiger charge is -2.05. The molecule has 0 radical (unpaired) electrons. The van der Waals surface area contributed by atoms with Gasteiger partial charge in [0.25, 0.3) is 5.91 Å². The molecule has 0 saturated carbocycles. The van der Waals surface area contributed by atoms with Crippen LogP contribution in [0.5, 0.6) is 0 Å². The molecular formula is C19H15ClFN3O2S. The van der Waals surface area contributed by atoms with Crippen molar-refractivity contribution in [3.8, 4) is 0 Å². The molecule has 138 valence electrons. The van der Waals surface area contributed by atoms with Gasteiger partial charge in [0.15, 0.2) is 5.13 Å². The van der Waals surface area contributed by atoms with Crippen molar-refractivity contribution in [1.29, 1.82) is 0 Å². The molecule has 2 N–H and O–H groups in total. The molecule has 0 aliphatic rings. The first-order chi connectivity index (χ1) is 13.0. The Balaban J connectivity index is 1.52. The summed E-state index contributed by atoms with van der Waals surface area (Å²) >= 11 is 7.48. The fraction of sp³-hybridized carbons (Fsp3) is 0.105. The second kappa shape index (κ2) is 8.75. The van der Waals surface area contributed by atoms with Gasteiger partial charge in [0.2, 0.25) is 5.91 Å². The zero-order chi connectivity index (χ0) is 19.2. The van der Waals surface area contributed by atoms with Crippen molar-refractivity contribution in [3.63, 3.8) is 0 Å². The lowest BCUT2D eigenvalue weighted by atomic mass is 10.1. The van der Waals surface area contributed by atoms with Crippen LogP contribution in [-0.4, -0.2) is 23.3 Å². The van der Waals surface area contributed by atoms with E-state index in [0.29, 0.717) is 16.6 Å². The Morgan fingerprint density at radius 2 is 1.96 bits per heavy atom. The molecule has 0 fully saturated rings. The first-order valence-corrected chi connectivity index (χ1v) is 9.22. The van der Waals surface area contributed by atoms with E-state index in [1.165, 1.54) is 29.5 Å². The zero-order valence-corrected chi connectivity index (χ0v) is 15.6. The standard InChI is InChI=1S/C19H15ClFN3O2S/c20-16-7-2-1-4-12(16)9-15-10-23-19(27-15)24-17(25)11-22-18(26)13-5-3-6-14(21)8-13/h1-8,10H,9,11H2,(H,22,26)(H,23,24,25). The van der Waals surface area contributed by atoms with E-state index in [0.717, 1.165) is 16.5 Å². The number of benzene rings is 2. The molecule has 0 unspecified atom stereocenters. The molecule has 0 aliphatic heterocycles. The molecule has 0 aliphatic carbocycles. The number of anilines is 1. The van der Waals surface area contributed by atoms with Gasteiger partial charge in [-0.1, -0.05) is 35.9 Å². The summed E-state index contributed by atoms with van der Waals surface area (Å²) in [5.41, 5.74) is 1.13. The lowest BCUT2D eigenvalue weighted by Crippen LogP contribution is -2.32. The van der Waals surface area contributed by atoms with Crippen molar-refractivity contribution in [2.24, 2.45) is 0 Å². The number of rotatable bonds is 6. The van der Waals surface area contributed by atoms with Gasteiger partial charge in [-0.25, -0.2) is 9.37 Å². The second-order valence-corrected chi connectivity index (χ2v) is 7.16. The summed E-state index contributed by atoms with van der Waals surface area (Å²) in [6.07, 6.45) is 2.29. The summed E-state index contributed by atoms with van der Waals surface area (Å²) in [6, 6.07) is 12.8. The van der Waals surface area contributed by atoms with Gasteiger partial charge in [0, 0.05) is 28.1 Å². The Morgan fingerprint density at radius 3 is 2.74 bits per heavy atom. The average Bonchev–Trinajstić information content (AvgIpc) is 3.08. The van der Waals surface area contributed by atoms with E-state index in [-0.39, 0.29) is 12.1 Å². The highest BCUT2D eigenvalue weighted by Crippen LogP contribution is 2.24. The Morgan fingerprint density at radius 1 is 1.15 bits per heavy atom. The lowest BCUT2D eigenvalue weighted by molar-refractivity contribution is -0.115. The maximum Gasteiger partial charge on any atom is 0.251 e. The van der Waals surface area contributed by atoms with Crippen molar-refractivity contribution in [2.45, 2.75) is 6.42 Å². The number of halogens is 2. The molecule has 27 heavy (non-hydrogen) atoms. The molecule has 1 heterocycles. The Kier molecular flexibility index (Phi) is 6.16. The van der Waals surface area contributed by atoms with Crippen LogP contribution in [0, 0.1) is 5.82 Å². The normalized spacial score (nSPS) is 10.4. The van der Waals surface area contributed by atoms with E-state index in [9.17, 15) is 14.0 Å². The third-order valence-electron chi connectivity index (χ3n) is 3.62. The molecule has 0 saturated heterocycles. The summed E-state index contributed by atoms with van der Waals surface area (Å²) in [6.45, 7) is -0.241. The van der Waals surface area contributed by atoms with Crippen LogP contribution in [0.15, 0.2) is 54.7 Å². The number of nitrogens with zero attached hydrogens (tertiary/aromatic N) is 1. The largest absolute Gasteiger partial charge is 0.343 e. The van der Waals surface area contributed by atoms with E-state index in [4.69, 9.17) is 11.6 Å². The molecule has 0 bridgehead atoms. The Labute approximate surface area is 164 Å². The molecule has 1 aromatic heterocycles. The molecule has 2 aromatic carbocycles. The molecule has 0 atom stereocenters. The molecule has 3 aromatic rings. The van der Waals surface area contributed by atoms with Crippen molar-refractivity contribution in [2.75, 3.05) is 11.9 Å². The fourth-order valence-electron chi connectivity index (χ4n) is 2.33. The highest BCUT2D eigenvalue weighted by atomic mass is 35.5. The zero-order valence-electron chi connectivity index (χ0n) is 14.0. The third-order valence-corrected chi connectivity index (χ3v) is 4.90. The van der Waals surface area contributed by atoms with Crippen LogP contribution in [0.2, 0.25) is 5.02 Å². The predicted octanol–water partition coefficient (Wildman–Crippen LogP) is 3.89. The molecule has 2 amide bonds. The molecule has 0 spiro atoms. The minimum absolute atomic E-state index is 0.152. The second-order valence-electron chi connectivity index (χ2n) is 5.64. The van der Waals surface area contributed by atoms with Crippen LogP contribution in [0.25, 0.3) is 0 Å². The van der Waals surface area contributed by atoms with E-state index in [1.807, 2.05) is 24.3 Å². The van der Waals surface area contributed by atoms with Crippen LogP contribution in [-0.2, 0) is 11.2 Å². The summed E-state index contributed by atoms with van der Waals surface area (Å²) in [4.78, 5) is 29.0. The van der Waals surface area contributed by atoms with E-state index in [2.05, 4.69) is 15.6 Å². The molecule has 8 heteroatoms. The van der Waals surface area contributed by atoms with Crippen molar-refractivity contribution < 1.29 is 14.0 Å². The smallest absolute Gasteiger partial charge is 0.251 e. The van der Waals surface area contributed by atoms with Crippen molar-refractivity contribution >= 4 is 39.9 Å². The molecule has 5 nitrogen and oxygen atoms in total. The monoisotopic (exact) mass is 403 g/mol. The van der Waals surface area contributed by atoms with Crippen molar-refractivity contribution in [1.82, 2.24) is 10.3 Å². The van der Waals surface area contributed by atoms with Gasteiger partial charge in [0.1, 0.15) is 5.82 Å². The topological polar surface area (TPSA) is 71.1 Å². The quantitative estimate of drug-likeness (QED) is 0.655. The number of aromatic nitrogens is 1. The van der Waals surface area contributed by atoms with Crippen LogP contribution < -0.4 is 10.6 Å². The Bertz CT molecular complexity index is 977. The van der Waals surface area contributed by atoms with Gasteiger partial charge >= 0.3 is 0 Å². The maximum absolute atomic E-state index is 13.1. The third kappa shape index (κ3) is 5.35. The minimum Gasteiger partial charge on any atom is -0.343 e. The number of carbonyl (C=O) groups excluding carboxylic acids is 2. The number of thiazole rings is 1. The first-order valence-electron chi connectivity index (χ1n) is 8.03. The molecule has 3 rings (SSSR count). The number of hydrogen-bond donors (Lipinski definition) is 2. The molecular weight excluding hydrogens is 389 g/mol. The summed E-state index contributed by atoms with van der Waals surface area (Å²) < 4.78 is 13.1. The summed E-state index contributed by atoms with van der Waals surface area (Å²) in [5.74, 6) is -1.46. The SMILES string of the molecule is O=C(CNC(=O)c1cccc(F)c1)Nc1ncc(Cc2ccccc2Cl)s1. The van der Waals surface area contributed by atoms with Gasteiger partial charge in [-0.05, 0) is 29.8 Å². The Hall–Kier alpha value is -2.77. The van der Waals surface area contributed by atoms with Gasteiger partial charge in [0.05, 0.1) is 6.54 Å². The van der Waals surface area contributed by atoms with Crippen LogP contribution in [0.4, 0.5) is 9.52 Å². The average molecular weight is 404 g/mol. The van der Waals surface area contributed by atoms with Gasteiger partial charge < -0.3 is 10.6 Å². The van der Waals surface area contributed by atoms with Gasteiger partial charge in [-0.3, -0.25) is 9.59 Å². The highest BCUT2D eigenvalue weighted by Gasteiger charge is 2.11. The fourth-order valence-corrected chi connectivity index (χ4v) is 3.39. The van der Waals surface area contributed by atoms with Crippen LogP contribution in [0.1, 0.15) is 20.8 Å². The van der Waals surface area contributed by atoms with Crippen LogP contribution >= 0.6 is 22.9 Å². The number of carbonyl (C=O) groups is 2. The number of nitrogens with one attached hydrogen (secondary N) is 2. The van der Waals surface area contributed by atoms with E-state index < -0.39 is 17.6 Å². The van der Waals surface area contributed by atoms with Gasteiger partial charge in [-0.2, -0.15) is 0 Å².